The zero-order valence-corrected chi connectivity index (χ0v) is 20.9. The van der Waals surface area contributed by atoms with E-state index >= 15 is 0 Å². The van der Waals surface area contributed by atoms with Gasteiger partial charge in [0.15, 0.2) is 0 Å². The van der Waals surface area contributed by atoms with E-state index in [4.69, 9.17) is 11.6 Å². The van der Waals surface area contributed by atoms with E-state index in [1.807, 2.05) is 29.2 Å². The lowest BCUT2D eigenvalue weighted by atomic mass is 10.1. The lowest BCUT2D eigenvalue weighted by Gasteiger charge is -2.35. The number of carbonyl (C=O) groups excluding carboxylic acids is 3. The summed E-state index contributed by atoms with van der Waals surface area (Å²) >= 11 is 6.93. The molecule has 9 heteroatoms. The van der Waals surface area contributed by atoms with Crippen LogP contribution in [0.2, 0.25) is 5.02 Å². The number of carbonyl (C=O) groups is 3. The number of amides is 3. The summed E-state index contributed by atoms with van der Waals surface area (Å²) in [5.41, 5.74) is 2.13. The van der Waals surface area contributed by atoms with Crippen molar-refractivity contribution in [1.29, 1.82) is 0 Å². The van der Waals surface area contributed by atoms with Crippen molar-refractivity contribution < 1.29 is 14.4 Å². The Hall–Kier alpha value is -3.62. The SMILES string of the molecule is O=C(c1ccc(C=C2SC(=O)N(Cc3cccc(Cl)c3)C2=O)cc1)N1CCN(c2ccccn2)CC1. The van der Waals surface area contributed by atoms with Gasteiger partial charge in [-0.25, -0.2) is 4.98 Å². The van der Waals surface area contributed by atoms with Gasteiger partial charge in [-0.2, -0.15) is 0 Å². The first-order valence-electron chi connectivity index (χ1n) is 11.5. The second-order valence-electron chi connectivity index (χ2n) is 8.49. The molecule has 2 fully saturated rings. The molecule has 0 radical (unpaired) electrons. The van der Waals surface area contributed by atoms with Gasteiger partial charge in [-0.3, -0.25) is 19.3 Å². The number of rotatable bonds is 5. The molecule has 3 amide bonds. The molecule has 0 bridgehead atoms. The summed E-state index contributed by atoms with van der Waals surface area (Å²) < 4.78 is 0. The largest absolute Gasteiger partial charge is 0.353 e. The molecule has 0 spiro atoms. The van der Waals surface area contributed by atoms with Crippen LogP contribution in [-0.2, 0) is 11.3 Å². The van der Waals surface area contributed by atoms with Gasteiger partial charge in [0.05, 0.1) is 11.4 Å². The summed E-state index contributed by atoms with van der Waals surface area (Å²) in [5, 5.41) is 0.239. The summed E-state index contributed by atoms with van der Waals surface area (Å²) in [7, 11) is 0. The number of imide groups is 1. The second kappa shape index (κ2) is 10.6. The van der Waals surface area contributed by atoms with Crippen LogP contribution in [0.5, 0.6) is 0 Å². The summed E-state index contributed by atoms with van der Waals surface area (Å²) in [6.45, 7) is 2.87. The fraction of sp³-hybridized carbons (Fsp3) is 0.185. The number of piperazine rings is 1. The predicted octanol–water partition coefficient (Wildman–Crippen LogP) is 4.93. The van der Waals surface area contributed by atoms with E-state index in [2.05, 4.69) is 9.88 Å². The van der Waals surface area contributed by atoms with Crippen molar-refractivity contribution in [1.82, 2.24) is 14.8 Å². The van der Waals surface area contributed by atoms with Gasteiger partial charge >= 0.3 is 0 Å². The number of nitrogens with zero attached hydrogens (tertiary/aromatic N) is 4. The number of hydrogen-bond acceptors (Lipinski definition) is 6. The molecule has 7 nitrogen and oxygen atoms in total. The van der Waals surface area contributed by atoms with E-state index in [0.717, 1.165) is 41.8 Å². The Balaban J connectivity index is 1.21. The van der Waals surface area contributed by atoms with Crippen LogP contribution in [0.4, 0.5) is 10.6 Å². The number of halogens is 1. The Kier molecular flexibility index (Phi) is 7.06. The van der Waals surface area contributed by atoms with Gasteiger partial charge < -0.3 is 9.80 Å². The third-order valence-electron chi connectivity index (χ3n) is 6.10. The lowest BCUT2D eigenvalue weighted by Crippen LogP contribution is -2.49. The quantitative estimate of drug-likeness (QED) is 0.446. The summed E-state index contributed by atoms with van der Waals surface area (Å²) in [5.74, 6) is 0.561. The maximum atomic E-state index is 13.0. The van der Waals surface area contributed by atoms with Crippen LogP contribution in [0.3, 0.4) is 0 Å². The fourth-order valence-corrected chi connectivity index (χ4v) is 5.24. The first-order chi connectivity index (χ1) is 17.5. The maximum absolute atomic E-state index is 13.0. The number of aromatic nitrogens is 1. The first kappa shape index (κ1) is 24.1. The van der Waals surface area contributed by atoms with Crippen molar-refractivity contribution in [2.24, 2.45) is 0 Å². The van der Waals surface area contributed by atoms with Crippen molar-refractivity contribution in [2.75, 3.05) is 31.1 Å². The summed E-state index contributed by atoms with van der Waals surface area (Å²) in [4.78, 5) is 48.2. The summed E-state index contributed by atoms with van der Waals surface area (Å²) in [6.07, 6.45) is 3.46. The van der Waals surface area contributed by atoms with Crippen molar-refractivity contribution in [3.63, 3.8) is 0 Å². The average molecular weight is 519 g/mol. The zero-order valence-electron chi connectivity index (χ0n) is 19.3. The van der Waals surface area contributed by atoms with Crippen molar-refractivity contribution in [3.8, 4) is 0 Å². The van der Waals surface area contributed by atoms with E-state index in [1.54, 1.807) is 54.7 Å². The highest BCUT2D eigenvalue weighted by Crippen LogP contribution is 2.33. The molecule has 2 saturated heterocycles. The monoisotopic (exact) mass is 518 g/mol. The van der Waals surface area contributed by atoms with Gasteiger partial charge in [-0.05, 0) is 65.4 Å². The van der Waals surface area contributed by atoms with Crippen molar-refractivity contribution >= 4 is 52.3 Å². The van der Waals surface area contributed by atoms with Crippen LogP contribution < -0.4 is 4.90 Å². The molecule has 0 N–H and O–H groups in total. The molecule has 3 aromatic rings. The standard InChI is InChI=1S/C27H23ClN4O3S/c28-22-5-3-4-20(16-22)18-32-26(34)23(36-27(32)35)17-19-7-9-21(10-8-19)25(33)31-14-12-30(13-15-31)24-6-1-2-11-29-24/h1-11,16-17H,12-15,18H2. The molecule has 0 saturated carbocycles. The number of hydrogen-bond donors (Lipinski definition) is 0. The molecule has 1 aromatic heterocycles. The van der Waals surface area contributed by atoms with E-state index in [9.17, 15) is 14.4 Å². The second-order valence-corrected chi connectivity index (χ2v) is 9.92. The molecule has 0 unspecified atom stereocenters. The molecule has 0 atom stereocenters. The van der Waals surface area contributed by atoms with Gasteiger partial charge in [-0.15, -0.1) is 0 Å². The van der Waals surface area contributed by atoms with Crippen LogP contribution in [0.1, 0.15) is 21.5 Å². The highest BCUT2D eigenvalue weighted by atomic mass is 35.5. The zero-order chi connectivity index (χ0) is 25.1. The molecule has 2 aliphatic heterocycles. The Morgan fingerprint density at radius 3 is 2.44 bits per heavy atom. The summed E-state index contributed by atoms with van der Waals surface area (Å²) in [6, 6.07) is 20.0. The molecule has 5 rings (SSSR count). The van der Waals surface area contributed by atoms with E-state index in [1.165, 1.54) is 4.90 Å². The van der Waals surface area contributed by atoms with Gasteiger partial charge in [0.25, 0.3) is 17.1 Å². The minimum Gasteiger partial charge on any atom is -0.353 e. The normalized spacial score (nSPS) is 17.2. The minimum absolute atomic E-state index is 0.0240. The average Bonchev–Trinajstić information content (AvgIpc) is 3.16. The third-order valence-corrected chi connectivity index (χ3v) is 7.24. The number of thioether (sulfide) groups is 1. The topological polar surface area (TPSA) is 73.8 Å². The van der Waals surface area contributed by atoms with Gasteiger partial charge in [0.2, 0.25) is 0 Å². The number of anilines is 1. The number of pyridine rings is 1. The lowest BCUT2D eigenvalue weighted by molar-refractivity contribution is -0.123. The van der Waals surface area contributed by atoms with Crippen LogP contribution in [0.25, 0.3) is 6.08 Å². The number of benzene rings is 2. The maximum Gasteiger partial charge on any atom is 0.293 e. The van der Waals surface area contributed by atoms with Gasteiger partial charge in [0.1, 0.15) is 5.82 Å². The van der Waals surface area contributed by atoms with E-state index in [0.29, 0.717) is 28.6 Å². The Bertz CT molecular complexity index is 1320. The van der Waals surface area contributed by atoms with E-state index in [-0.39, 0.29) is 23.6 Å². The molecule has 3 heterocycles. The first-order valence-corrected chi connectivity index (χ1v) is 12.7. The molecule has 2 aliphatic rings. The smallest absolute Gasteiger partial charge is 0.293 e. The van der Waals surface area contributed by atoms with Crippen LogP contribution in [0.15, 0.2) is 77.8 Å². The molecular formula is C27H23ClN4O3S. The van der Waals surface area contributed by atoms with Crippen molar-refractivity contribution in [3.05, 3.63) is 99.5 Å². The van der Waals surface area contributed by atoms with Gasteiger partial charge in [-0.1, -0.05) is 41.9 Å². The molecule has 36 heavy (non-hydrogen) atoms. The van der Waals surface area contributed by atoms with Crippen LogP contribution in [-0.4, -0.2) is 58.0 Å². The van der Waals surface area contributed by atoms with Crippen LogP contribution in [0, 0.1) is 0 Å². The predicted molar refractivity (Wildman–Crippen MR) is 142 cm³/mol. The molecule has 0 aliphatic carbocycles. The Morgan fingerprint density at radius 2 is 1.75 bits per heavy atom. The van der Waals surface area contributed by atoms with Gasteiger partial charge in [0, 0.05) is 43.0 Å². The molecular weight excluding hydrogens is 496 g/mol. The molecule has 182 valence electrons. The van der Waals surface area contributed by atoms with E-state index < -0.39 is 0 Å². The third kappa shape index (κ3) is 5.29. The molecule has 2 aromatic carbocycles. The van der Waals surface area contributed by atoms with Crippen molar-refractivity contribution in [2.45, 2.75) is 6.54 Å². The van der Waals surface area contributed by atoms with Crippen LogP contribution >= 0.6 is 23.4 Å². The fourth-order valence-electron chi connectivity index (χ4n) is 4.19. The Labute approximate surface area is 218 Å². The minimum atomic E-state index is -0.337. The Morgan fingerprint density at radius 1 is 0.972 bits per heavy atom. The highest BCUT2D eigenvalue weighted by molar-refractivity contribution is 8.18. The highest BCUT2D eigenvalue weighted by Gasteiger charge is 2.35.